The van der Waals surface area contributed by atoms with Crippen molar-refractivity contribution < 1.29 is 4.42 Å². The van der Waals surface area contributed by atoms with Crippen LogP contribution in [-0.2, 0) is 0 Å². The number of rotatable bonds is 2. The first-order valence-corrected chi connectivity index (χ1v) is 5.73. The van der Waals surface area contributed by atoms with E-state index in [-0.39, 0.29) is 0 Å². The van der Waals surface area contributed by atoms with Gasteiger partial charge in [0.2, 0.25) is 0 Å². The fraction of sp³-hybridized carbons (Fsp3) is 0.0714. The summed E-state index contributed by atoms with van der Waals surface area (Å²) in [5.74, 6) is 0.513. The first-order valence-electron chi connectivity index (χ1n) is 5.73. The maximum Gasteiger partial charge on any atom is 0.185 e. The van der Waals surface area contributed by atoms with Crippen LogP contribution >= 0.6 is 0 Å². The molecule has 5 nitrogen and oxygen atoms in total. The van der Waals surface area contributed by atoms with Crippen LogP contribution in [0.5, 0.6) is 0 Å². The topological polar surface area (TPSA) is 66.0 Å². The summed E-state index contributed by atoms with van der Waals surface area (Å²) >= 11 is 0. The molecule has 19 heavy (non-hydrogen) atoms. The highest BCUT2D eigenvalue weighted by Gasteiger charge is 2.10. The van der Waals surface area contributed by atoms with Crippen molar-refractivity contribution in [2.24, 2.45) is 0 Å². The lowest BCUT2D eigenvalue weighted by Crippen LogP contribution is -2.10. The van der Waals surface area contributed by atoms with Gasteiger partial charge in [0, 0.05) is 18.0 Å². The van der Waals surface area contributed by atoms with Crippen molar-refractivity contribution in [3.05, 3.63) is 42.7 Å². The highest BCUT2D eigenvalue weighted by atomic mass is 16.3. The predicted molar refractivity (Wildman–Crippen MR) is 71.3 cm³/mol. The van der Waals surface area contributed by atoms with Gasteiger partial charge in [0.1, 0.15) is 11.8 Å². The third-order valence-corrected chi connectivity index (χ3v) is 2.90. The van der Waals surface area contributed by atoms with E-state index >= 15 is 0 Å². The van der Waals surface area contributed by atoms with Gasteiger partial charge in [-0.1, -0.05) is 18.2 Å². The fourth-order valence-corrected chi connectivity index (χ4v) is 1.88. The Kier molecular flexibility index (Phi) is 2.62. The summed E-state index contributed by atoms with van der Waals surface area (Å²) < 4.78 is 5.47. The van der Waals surface area contributed by atoms with E-state index in [1.807, 2.05) is 36.5 Å². The molecule has 2 heterocycles. The molecule has 3 aromatic rings. The second-order valence-corrected chi connectivity index (χ2v) is 4.08. The number of fused-ring (bicyclic) bond motifs is 1. The van der Waals surface area contributed by atoms with E-state index in [9.17, 15) is 0 Å². The quantitative estimate of drug-likeness (QED) is 0.517. The average Bonchev–Trinajstić information content (AvgIpc) is 2.90. The van der Waals surface area contributed by atoms with Gasteiger partial charge in [0.15, 0.2) is 12.0 Å². The van der Waals surface area contributed by atoms with Crippen molar-refractivity contribution in [1.29, 1.82) is 5.26 Å². The van der Waals surface area contributed by atoms with Gasteiger partial charge in [-0.15, -0.1) is 10.2 Å². The van der Waals surface area contributed by atoms with Crippen LogP contribution in [0.4, 0.5) is 5.82 Å². The molecule has 0 aliphatic heterocycles. The number of nitriles is 1. The van der Waals surface area contributed by atoms with Crippen LogP contribution in [0.2, 0.25) is 0 Å². The third kappa shape index (κ3) is 1.89. The molecule has 2 aromatic heterocycles. The van der Waals surface area contributed by atoms with Crippen LogP contribution in [0.3, 0.4) is 0 Å². The molecule has 0 aliphatic carbocycles. The van der Waals surface area contributed by atoms with E-state index in [4.69, 9.17) is 9.68 Å². The molecule has 0 N–H and O–H groups in total. The average molecular weight is 250 g/mol. The summed E-state index contributed by atoms with van der Waals surface area (Å²) in [6.07, 6.45) is 3.65. The molecule has 0 saturated heterocycles. The van der Waals surface area contributed by atoms with Crippen molar-refractivity contribution >= 4 is 16.8 Å². The van der Waals surface area contributed by atoms with E-state index in [1.165, 1.54) is 4.90 Å². The van der Waals surface area contributed by atoms with E-state index in [0.717, 1.165) is 22.2 Å². The Morgan fingerprint density at radius 1 is 1.16 bits per heavy atom. The highest BCUT2D eigenvalue weighted by molar-refractivity contribution is 5.92. The van der Waals surface area contributed by atoms with Gasteiger partial charge < -0.3 is 4.42 Å². The minimum Gasteiger partial charge on any atom is -0.464 e. The van der Waals surface area contributed by atoms with Crippen LogP contribution in [-0.4, -0.2) is 17.2 Å². The van der Waals surface area contributed by atoms with Gasteiger partial charge >= 0.3 is 0 Å². The van der Waals surface area contributed by atoms with Crippen molar-refractivity contribution in [2.75, 3.05) is 11.9 Å². The van der Waals surface area contributed by atoms with E-state index in [0.29, 0.717) is 5.82 Å². The lowest BCUT2D eigenvalue weighted by molar-refractivity contribution is 0.616. The lowest BCUT2D eigenvalue weighted by atomic mass is 10.1. The Bertz CT molecular complexity index is 755. The zero-order valence-corrected chi connectivity index (χ0v) is 10.2. The summed E-state index contributed by atoms with van der Waals surface area (Å²) in [6.45, 7) is 0. The zero-order chi connectivity index (χ0) is 13.2. The normalized spacial score (nSPS) is 10.3. The number of hydrogen-bond donors (Lipinski definition) is 0. The minimum atomic E-state index is 0.513. The molecule has 0 atom stereocenters. The molecule has 0 spiro atoms. The molecule has 0 fully saturated rings. The minimum absolute atomic E-state index is 0.513. The highest BCUT2D eigenvalue weighted by Crippen LogP contribution is 2.29. The fourth-order valence-electron chi connectivity index (χ4n) is 1.88. The van der Waals surface area contributed by atoms with E-state index in [2.05, 4.69) is 10.2 Å². The number of hydrogen-bond acceptors (Lipinski definition) is 5. The summed E-state index contributed by atoms with van der Waals surface area (Å²) in [7, 11) is 1.64. The number of nitrogens with zero attached hydrogens (tertiary/aromatic N) is 4. The van der Waals surface area contributed by atoms with Gasteiger partial charge in [-0.3, -0.25) is 4.90 Å². The van der Waals surface area contributed by atoms with Crippen LogP contribution in [0.1, 0.15) is 0 Å². The smallest absolute Gasteiger partial charge is 0.185 e. The van der Waals surface area contributed by atoms with Crippen molar-refractivity contribution in [3.63, 3.8) is 0 Å². The number of anilines is 1. The van der Waals surface area contributed by atoms with Crippen molar-refractivity contribution in [2.45, 2.75) is 0 Å². The maximum absolute atomic E-state index is 8.78. The monoisotopic (exact) mass is 250 g/mol. The molecule has 1 aromatic carbocycles. The van der Waals surface area contributed by atoms with Gasteiger partial charge in [0.25, 0.3) is 0 Å². The van der Waals surface area contributed by atoms with Crippen LogP contribution < -0.4 is 4.90 Å². The van der Waals surface area contributed by atoms with E-state index in [1.54, 1.807) is 19.4 Å². The number of aromatic nitrogens is 2. The van der Waals surface area contributed by atoms with Gasteiger partial charge in [-0.05, 0) is 18.2 Å². The van der Waals surface area contributed by atoms with Crippen LogP contribution in [0.15, 0.2) is 47.1 Å². The summed E-state index contributed by atoms with van der Waals surface area (Å²) in [5.41, 5.74) is 2.44. The maximum atomic E-state index is 8.78. The molecule has 92 valence electrons. The second kappa shape index (κ2) is 4.42. The second-order valence-electron chi connectivity index (χ2n) is 4.08. The Labute approximate surface area is 109 Å². The molecule has 0 radical (unpaired) electrons. The van der Waals surface area contributed by atoms with Crippen LogP contribution in [0.25, 0.3) is 22.2 Å². The summed E-state index contributed by atoms with van der Waals surface area (Å²) in [5, 5.41) is 17.9. The number of benzene rings is 1. The molecule has 0 amide bonds. The Balaban J connectivity index is 2.05. The lowest BCUT2D eigenvalue weighted by Gasteiger charge is -2.06. The molecule has 0 unspecified atom stereocenters. The zero-order valence-electron chi connectivity index (χ0n) is 10.2. The van der Waals surface area contributed by atoms with Crippen molar-refractivity contribution in [1.82, 2.24) is 10.2 Å². The number of furan rings is 1. The molecule has 5 heteroatoms. The standard InChI is InChI=1S/C14H10N4O/c1-18(9-15)14-7-6-12(16-17-14)11-8-19-13-5-3-2-4-10(11)13/h2-8H,1H3. The third-order valence-electron chi connectivity index (χ3n) is 2.90. The molecule has 0 saturated carbocycles. The number of para-hydroxylation sites is 1. The van der Waals surface area contributed by atoms with Crippen LogP contribution in [0, 0.1) is 11.5 Å². The van der Waals surface area contributed by atoms with Gasteiger partial charge in [-0.2, -0.15) is 5.26 Å². The summed E-state index contributed by atoms with van der Waals surface area (Å²) in [4.78, 5) is 1.35. The molecule has 0 aliphatic rings. The molecule has 3 rings (SSSR count). The molecular formula is C14H10N4O. The summed E-state index contributed by atoms with van der Waals surface area (Å²) in [6, 6.07) is 11.3. The first kappa shape index (κ1) is 11.2. The van der Waals surface area contributed by atoms with Gasteiger partial charge in [-0.25, -0.2) is 0 Å². The Hall–Kier alpha value is -2.87. The Morgan fingerprint density at radius 2 is 2.00 bits per heavy atom. The SMILES string of the molecule is CN(C#N)c1ccc(-c2coc3ccccc23)nn1. The molecule has 0 bridgehead atoms. The molecular weight excluding hydrogens is 240 g/mol. The predicted octanol–water partition coefficient (Wildman–Crippen LogP) is 2.81. The largest absolute Gasteiger partial charge is 0.464 e. The van der Waals surface area contributed by atoms with Gasteiger partial charge in [0.05, 0.1) is 5.69 Å². The first-order chi connectivity index (χ1) is 9.29. The van der Waals surface area contributed by atoms with Crippen molar-refractivity contribution in [3.8, 4) is 17.5 Å². The van der Waals surface area contributed by atoms with E-state index < -0.39 is 0 Å². The Morgan fingerprint density at radius 3 is 2.74 bits per heavy atom.